The van der Waals surface area contributed by atoms with Crippen LogP contribution < -0.4 is 9.62 Å². The van der Waals surface area contributed by atoms with E-state index in [9.17, 15) is 26.8 Å². The van der Waals surface area contributed by atoms with Crippen molar-refractivity contribution in [3.63, 3.8) is 0 Å². The molecule has 0 aliphatic heterocycles. The van der Waals surface area contributed by atoms with Crippen molar-refractivity contribution in [1.82, 2.24) is 10.2 Å². The SMILES string of the molecule is CS(=O)(=O)N(CC(=O)N(Cc1cccc(Br)c1)C(Cc1ccccc1)C(=O)NC1CCCCC1)c1ccc(F)c(F)c1. The Labute approximate surface area is 254 Å². The molecule has 3 aromatic rings. The van der Waals surface area contributed by atoms with Gasteiger partial charge < -0.3 is 10.2 Å². The van der Waals surface area contributed by atoms with E-state index in [0.717, 1.165) is 76.5 Å². The van der Waals surface area contributed by atoms with Crippen LogP contribution in [0.2, 0.25) is 0 Å². The van der Waals surface area contributed by atoms with Crippen molar-refractivity contribution in [2.75, 3.05) is 17.1 Å². The molecule has 1 aliphatic rings. The summed E-state index contributed by atoms with van der Waals surface area (Å²) in [6, 6.07) is 18.2. The van der Waals surface area contributed by atoms with Gasteiger partial charge in [0.05, 0.1) is 11.9 Å². The van der Waals surface area contributed by atoms with Gasteiger partial charge >= 0.3 is 0 Å². The number of carbonyl (C=O) groups excluding carboxylic acids is 2. The molecule has 0 bridgehead atoms. The van der Waals surface area contributed by atoms with Crippen molar-refractivity contribution < 1.29 is 26.8 Å². The predicted molar refractivity (Wildman–Crippen MR) is 162 cm³/mol. The normalized spacial score (nSPS) is 14.7. The second-order valence-corrected chi connectivity index (χ2v) is 13.4. The fourth-order valence-electron chi connectivity index (χ4n) is 5.18. The van der Waals surface area contributed by atoms with Gasteiger partial charge in [-0.2, -0.15) is 0 Å². The third-order valence-corrected chi connectivity index (χ3v) is 8.97. The molecule has 11 heteroatoms. The minimum Gasteiger partial charge on any atom is -0.352 e. The molecule has 0 saturated heterocycles. The lowest BCUT2D eigenvalue weighted by molar-refractivity contribution is -0.140. The number of amides is 2. The summed E-state index contributed by atoms with van der Waals surface area (Å²) in [6.45, 7) is -0.691. The van der Waals surface area contributed by atoms with Crippen LogP contribution in [0.5, 0.6) is 0 Å². The number of hydrogen-bond donors (Lipinski definition) is 1. The molecule has 1 aliphatic carbocycles. The molecule has 1 atom stereocenters. The number of nitrogens with zero attached hydrogens (tertiary/aromatic N) is 2. The van der Waals surface area contributed by atoms with E-state index in [0.29, 0.717) is 0 Å². The summed E-state index contributed by atoms with van der Waals surface area (Å²) in [7, 11) is -4.09. The van der Waals surface area contributed by atoms with E-state index in [2.05, 4.69) is 21.2 Å². The molecule has 224 valence electrons. The maximum atomic E-state index is 14.1. The van der Waals surface area contributed by atoms with Gasteiger partial charge in [-0.25, -0.2) is 17.2 Å². The van der Waals surface area contributed by atoms with Crippen LogP contribution in [-0.2, 0) is 32.6 Å². The molecule has 1 saturated carbocycles. The number of benzene rings is 3. The van der Waals surface area contributed by atoms with Gasteiger partial charge in [0, 0.05) is 29.5 Å². The minimum atomic E-state index is -4.09. The Morgan fingerprint density at radius 2 is 1.62 bits per heavy atom. The molecular formula is C31H34BrF2N3O4S. The zero-order valence-corrected chi connectivity index (χ0v) is 25.7. The van der Waals surface area contributed by atoms with E-state index in [4.69, 9.17) is 0 Å². The van der Waals surface area contributed by atoms with Crippen LogP contribution >= 0.6 is 15.9 Å². The molecule has 7 nitrogen and oxygen atoms in total. The van der Waals surface area contributed by atoms with Gasteiger partial charge in [0.1, 0.15) is 12.6 Å². The molecular weight excluding hydrogens is 628 g/mol. The fraction of sp³-hybridized carbons (Fsp3) is 0.355. The summed E-state index contributed by atoms with van der Waals surface area (Å²) < 4.78 is 54.9. The van der Waals surface area contributed by atoms with Gasteiger partial charge in [-0.15, -0.1) is 0 Å². The van der Waals surface area contributed by atoms with Crippen LogP contribution in [0.1, 0.15) is 43.2 Å². The van der Waals surface area contributed by atoms with Crippen molar-refractivity contribution in [2.24, 2.45) is 0 Å². The third-order valence-electron chi connectivity index (χ3n) is 7.33. The van der Waals surface area contributed by atoms with Crippen LogP contribution in [0.25, 0.3) is 0 Å². The maximum Gasteiger partial charge on any atom is 0.244 e. The Balaban J connectivity index is 1.73. The minimum absolute atomic E-state index is 0.0120. The first-order valence-electron chi connectivity index (χ1n) is 13.8. The first kappa shape index (κ1) is 31.6. The Hall–Kier alpha value is -3.31. The van der Waals surface area contributed by atoms with Crippen molar-refractivity contribution in [3.8, 4) is 0 Å². The van der Waals surface area contributed by atoms with E-state index in [1.165, 1.54) is 4.90 Å². The van der Waals surface area contributed by atoms with Gasteiger partial charge in [0.2, 0.25) is 21.8 Å². The smallest absolute Gasteiger partial charge is 0.244 e. The third kappa shape index (κ3) is 8.61. The van der Waals surface area contributed by atoms with Gasteiger partial charge in [-0.3, -0.25) is 13.9 Å². The standard InChI is InChI=1S/C31H34BrF2N3O4S/c1-42(40,41)37(26-15-16-27(33)28(34)19-26)21-30(38)36(20-23-11-8-12-24(32)17-23)29(18-22-9-4-2-5-10-22)31(39)35-25-13-6-3-7-14-25/h2,4-5,8-12,15-17,19,25,29H,3,6-7,13-14,18,20-21H2,1H3,(H,35,39). The average Bonchev–Trinajstić information content (AvgIpc) is 2.95. The lowest BCUT2D eigenvalue weighted by Crippen LogP contribution is -2.55. The second-order valence-electron chi connectivity index (χ2n) is 10.6. The number of carbonyl (C=O) groups is 2. The summed E-state index contributed by atoms with van der Waals surface area (Å²) in [5.41, 5.74) is 1.35. The van der Waals surface area contributed by atoms with Gasteiger partial charge in [-0.05, 0) is 48.2 Å². The number of hydrogen-bond acceptors (Lipinski definition) is 4. The van der Waals surface area contributed by atoms with Gasteiger partial charge in [0.25, 0.3) is 0 Å². The molecule has 3 aromatic carbocycles. The lowest BCUT2D eigenvalue weighted by atomic mass is 9.94. The maximum absolute atomic E-state index is 14.1. The van der Waals surface area contributed by atoms with Gasteiger partial charge in [0.15, 0.2) is 11.6 Å². The Morgan fingerprint density at radius 1 is 0.929 bits per heavy atom. The number of anilines is 1. The number of rotatable bonds is 11. The highest BCUT2D eigenvalue weighted by molar-refractivity contribution is 9.10. The zero-order valence-electron chi connectivity index (χ0n) is 23.3. The molecule has 1 N–H and O–H groups in total. The van der Waals surface area contributed by atoms with Crippen molar-refractivity contribution in [3.05, 3.63) is 100 Å². The fourth-order valence-corrected chi connectivity index (χ4v) is 6.47. The number of sulfonamides is 1. The molecule has 1 unspecified atom stereocenters. The number of halogens is 3. The summed E-state index contributed by atoms with van der Waals surface area (Å²) in [5, 5.41) is 3.14. The van der Waals surface area contributed by atoms with Gasteiger partial charge in [-0.1, -0.05) is 77.7 Å². The second kappa shape index (κ2) is 14.2. The molecule has 1 fully saturated rings. The van der Waals surface area contributed by atoms with Crippen molar-refractivity contribution in [2.45, 2.75) is 57.2 Å². The zero-order chi connectivity index (χ0) is 30.3. The lowest BCUT2D eigenvalue weighted by Gasteiger charge is -2.35. The first-order chi connectivity index (χ1) is 20.0. The summed E-state index contributed by atoms with van der Waals surface area (Å²) >= 11 is 3.45. The molecule has 2 amide bonds. The van der Waals surface area contributed by atoms with Crippen LogP contribution in [0.15, 0.2) is 77.3 Å². The van der Waals surface area contributed by atoms with E-state index >= 15 is 0 Å². The van der Waals surface area contributed by atoms with E-state index in [1.54, 1.807) is 6.07 Å². The van der Waals surface area contributed by atoms with E-state index in [-0.39, 0.29) is 30.6 Å². The summed E-state index contributed by atoms with van der Waals surface area (Å²) in [4.78, 5) is 29.4. The topological polar surface area (TPSA) is 86.8 Å². The number of nitrogens with one attached hydrogen (secondary N) is 1. The first-order valence-corrected chi connectivity index (χ1v) is 16.5. The Morgan fingerprint density at radius 3 is 2.26 bits per heavy atom. The monoisotopic (exact) mass is 661 g/mol. The molecule has 42 heavy (non-hydrogen) atoms. The molecule has 0 heterocycles. The summed E-state index contributed by atoms with van der Waals surface area (Å²) in [6.07, 6.45) is 5.90. The van der Waals surface area contributed by atoms with Crippen LogP contribution in [0, 0.1) is 11.6 Å². The van der Waals surface area contributed by atoms with Crippen LogP contribution in [0.4, 0.5) is 14.5 Å². The van der Waals surface area contributed by atoms with Crippen molar-refractivity contribution in [1.29, 1.82) is 0 Å². The Bertz CT molecular complexity index is 1500. The quantitative estimate of drug-likeness (QED) is 0.291. The van der Waals surface area contributed by atoms with E-state index in [1.807, 2.05) is 48.5 Å². The highest BCUT2D eigenvalue weighted by Crippen LogP contribution is 2.24. The Kier molecular flexibility index (Phi) is 10.7. The average molecular weight is 663 g/mol. The highest BCUT2D eigenvalue weighted by Gasteiger charge is 2.34. The molecule has 0 radical (unpaired) electrons. The highest BCUT2D eigenvalue weighted by atomic mass is 79.9. The molecule has 0 aromatic heterocycles. The molecule has 4 rings (SSSR count). The summed E-state index contributed by atoms with van der Waals surface area (Å²) in [5.74, 6) is -3.37. The predicted octanol–water partition coefficient (Wildman–Crippen LogP) is 5.58. The molecule has 0 spiro atoms. The van der Waals surface area contributed by atoms with Crippen LogP contribution in [-0.4, -0.2) is 50.0 Å². The largest absolute Gasteiger partial charge is 0.352 e. The van der Waals surface area contributed by atoms with E-state index < -0.39 is 40.2 Å². The van der Waals surface area contributed by atoms with Crippen molar-refractivity contribution >= 4 is 43.5 Å². The van der Waals surface area contributed by atoms with Crippen LogP contribution in [0.3, 0.4) is 0 Å².